The van der Waals surface area contributed by atoms with Crippen molar-refractivity contribution in [3.8, 4) is 0 Å². The number of primary amides is 1. The molecule has 0 aromatic carbocycles. The average molecular weight is 325 g/mol. The Morgan fingerprint density at radius 3 is 2.74 bits per heavy atom. The number of carbonyl (C=O) groups is 1. The van der Waals surface area contributed by atoms with Gasteiger partial charge >= 0.3 is 0 Å². The van der Waals surface area contributed by atoms with Crippen LogP contribution in [0.4, 0.5) is 10.1 Å². The number of aliphatic hydroxyl groups excluding tert-OH is 1. The van der Waals surface area contributed by atoms with Crippen molar-refractivity contribution in [3.05, 3.63) is 23.5 Å². The van der Waals surface area contributed by atoms with Crippen LogP contribution in [0.5, 0.6) is 0 Å². The van der Waals surface area contributed by atoms with Crippen LogP contribution in [0.2, 0.25) is 0 Å². The molecule has 128 valence electrons. The molecular weight excluding hydrogens is 301 g/mol. The number of nitrogens with two attached hydrogens (primary N) is 1. The van der Waals surface area contributed by atoms with Crippen molar-refractivity contribution in [2.75, 3.05) is 11.9 Å². The number of anilines is 1. The predicted octanol–water partition coefficient (Wildman–Crippen LogP) is 1.01. The highest BCUT2D eigenvalue weighted by Gasteiger charge is 2.31. The highest BCUT2D eigenvalue weighted by Crippen LogP contribution is 2.31. The van der Waals surface area contributed by atoms with E-state index in [1.807, 2.05) is 0 Å². The first-order valence-electron chi connectivity index (χ1n) is 7.74. The van der Waals surface area contributed by atoms with Gasteiger partial charge in [-0.2, -0.15) is 0 Å². The summed E-state index contributed by atoms with van der Waals surface area (Å²) in [4.78, 5) is 15.9. The number of pyridine rings is 1. The van der Waals surface area contributed by atoms with Gasteiger partial charge in [-0.15, -0.1) is 0 Å². The van der Waals surface area contributed by atoms with Crippen molar-refractivity contribution in [1.29, 1.82) is 0 Å². The first-order valence-corrected chi connectivity index (χ1v) is 7.74. The number of aliphatic hydroxyl groups is 2. The molecule has 1 aromatic heterocycles. The Balaban J connectivity index is 2.20. The standard InChI is InChI=1S/C16H24FN3O3/c1-16(2,23)13(17)7-12-14(15(18)22)11(3-4-19-12)20-10-5-9(6-10)8-21/h3-4,9-10,13,21,23H,5-8H2,1-2H3,(H2,18,22)(H,19,20)/t9?,10?,13-/m1/s1. The molecule has 1 saturated carbocycles. The number of alkyl halides is 1. The molecule has 5 N–H and O–H groups in total. The van der Waals surface area contributed by atoms with Crippen LogP contribution in [0, 0.1) is 5.92 Å². The first kappa shape index (κ1) is 17.6. The predicted molar refractivity (Wildman–Crippen MR) is 84.9 cm³/mol. The number of hydrogen-bond acceptors (Lipinski definition) is 5. The van der Waals surface area contributed by atoms with Crippen LogP contribution >= 0.6 is 0 Å². The van der Waals surface area contributed by atoms with E-state index in [4.69, 9.17) is 10.8 Å². The highest BCUT2D eigenvalue weighted by atomic mass is 19.1. The summed E-state index contributed by atoms with van der Waals surface area (Å²) in [5.74, 6) is -0.409. The molecule has 0 bridgehead atoms. The van der Waals surface area contributed by atoms with Gasteiger partial charge in [0.1, 0.15) is 6.17 Å². The summed E-state index contributed by atoms with van der Waals surface area (Å²) in [5.41, 5.74) is 4.83. The normalized spacial score (nSPS) is 22.3. The van der Waals surface area contributed by atoms with E-state index in [9.17, 15) is 14.3 Å². The zero-order valence-corrected chi connectivity index (χ0v) is 13.4. The lowest BCUT2D eigenvalue weighted by Crippen LogP contribution is -2.38. The van der Waals surface area contributed by atoms with Crippen molar-refractivity contribution in [2.45, 2.75) is 50.9 Å². The number of rotatable bonds is 7. The molecule has 1 heterocycles. The zero-order valence-electron chi connectivity index (χ0n) is 13.4. The van der Waals surface area contributed by atoms with Crippen molar-refractivity contribution in [2.24, 2.45) is 11.7 Å². The van der Waals surface area contributed by atoms with Gasteiger partial charge in [0.15, 0.2) is 0 Å². The van der Waals surface area contributed by atoms with Crippen LogP contribution in [0.25, 0.3) is 0 Å². The third-order valence-corrected chi connectivity index (χ3v) is 4.27. The second-order valence-electron chi connectivity index (χ2n) is 6.73. The number of aromatic nitrogens is 1. The lowest BCUT2D eigenvalue weighted by molar-refractivity contribution is -0.00307. The highest BCUT2D eigenvalue weighted by molar-refractivity contribution is 5.99. The van der Waals surface area contributed by atoms with Crippen LogP contribution in [0.15, 0.2) is 12.3 Å². The molecule has 1 atom stereocenters. The van der Waals surface area contributed by atoms with Gasteiger partial charge in [-0.3, -0.25) is 9.78 Å². The van der Waals surface area contributed by atoms with Crippen molar-refractivity contribution >= 4 is 11.6 Å². The molecule has 23 heavy (non-hydrogen) atoms. The van der Waals surface area contributed by atoms with E-state index in [2.05, 4.69) is 10.3 Å². The summed E-state index contributed by atoms with van der Waals surface area (Å²) >= 11 is 0. The Morgan fingerprint density at radius 1 is 1.57 bits per heavy atom. The second kappa shape index (κ2) is 6.80. The van der Waals surface area contributed by atoms with E-state index in [-0.39, 0.29) is 36.2 Å². The van der Waals surface area contributed by atoms with Crippen LogP contribution in [-0.4, -0.2) is 45.5 Å². The number of amides is 1. The summed E-state index contributed by atoms with van der Waals surface area (Å²) in [6.45, 7) is 2.89. The third kappa shape index (κ3) is 4.17. The third-order valence-electron chi connectivity index (χ3n) is 4.27. The molecule has 2 rings (SSSR count). The molecule has 0 aliphatic heterocycles. The summed E-state index contributed by atoms with van der Waals surface area (Å²) in [6, 6.07) is 1.78. The van der Waals surface area contributed by atoms with Gasteiger partial charge in [0, 0.05) is 25.3 Å². The summed E-state index contributed by atoms with van der Waals surface area (Å²) in [7, 11) is 0. The fourth-order valence-electron chi connectivity index (χ4n) is 2.70. The van der Waals surface area contributed by atoms with Gasteiger partial charge in [0.2, 0.25) is 0 Å². The van der Waals surface area contributed by atoms with E-state index >= 15 is 0 Å². The van der Waals surface area contributed by atoms with E-state index in [0.717, 1.165) is 12.8 Å². The smallest absolute Gasteiger partial charge is 0.252 e. The van der Waals surface area contributed by atoms with E-state index in [1.54, 1.807) is 6.07 Å². The van der Waals surface area contributed by atoms with Gasteiger partial charge < -0.3 is 21.3 Å². The largest absolute Gasteiger partial charge is 0.396 e. The summed E-state index contributed by atoms with van der Waals surface area (Å²) < 4.78 is 14.1. The fraction of sp³-hybridized carbons (Fsp3) is 0.625. The van der Waals surface area contributed by atoms with Crippen molar-refractivity contribution < 1.29 is 19.4 Å². The number of halogens is 1. The van der Waals surface area contributed by atoms with Gasteiger partial charge in [0.25, 0.3) is 5.91 Å². The number of nitrogens with one attached hydrogen (secondary N) is 1. The van der Waals surface area contributed by atoms with Gasteiger partial charge in [0.05, 0.1) is 22.5 Å². The minimum atomic E-state index is -1.56. The molecular formula is C16H24FN3O3. The minimum absolute atomic E-state index is 0.149. The number of carbonyl (C=O) groups excluding carboxylic acids is 1. The maximum atomic E-state index is 14.1. The molecule has 0 unspecified atom stereocenters. The van der Waals surface area contributed by atoms with Crippen LogP contribution in [0.1, 0.15) is 42.7 Å². The van der Waals surface area contributed by atoms with Crippen molar-refractivity contribution in [1.82, 2.24) is 4.98 Å². The number of hydrogen-bond donors (Lipinski definition) is 4. The lowest BCUT2D eigenvalue weighted by Gasteiger charge is -2.35. The minimum Gasteiger partial charge on any atom is -0.396 e. The molecule has 1 fully saturated rings. The van der Waals surface area contributed by atoms with Gasteiger partial charge in [-0.25, -0.2) is 4.39 Å². The Kier molecular flexibility index (Phi) is 5.21. The SMILES string of the molecule is CC(C)(O)[C@H](F)Cc1nccc(NC2CC(CO)C2)c1C(N)=O. The van der Waals surface area contributed by atoms with E-state index < -0.39 is 17.7 Å². The van der Waals surface area contributed by atoms with Crippen molar-refractivity contribution in [3.63, 3.8) is 0 Å². The Labute approximate surface area is 134 Å². The molecule has 0 spiro atoms. The maximum absolute atomic E-state index is 14.1. The number of nitrogens with zero attached hydrogens (tertiary/aromatic N) is 1. The quantitative estimate of drug-likeness (QED) is 0.598. The maximum Gasteiger partial charge on any atom is 0.252 e. The molecule has 0 radical (unpaired) electrons. The molecule has 1 aliphatic rings. The van der Waals surface area contributed by atoms with Gasteiger partial charge in [-0.05, 0) is 38.7 Å². The second-order valence-corrected chi connectivity index (χ2v) is 6.73. The molecule has 1 amide bonds. The Hall–Kier alpha value is -1.73. The van der Waals surface area contributed by atoms with Crippen LogP contribution < -0.4 is 11.1 Å². The zero-order chi connectivity index (χ0) is 17.2. The molecule has 7 heteroatoms. The summed E-state index contributed by atoms with van der Waals surface area (Å²) in [6.07, 6.45) is 1.35. The topological polar surface area (TPSA) is 108 Å². The fourth-order valence-corrected chi connectivity index (χ4v) is 2.70. The van der Waals surface area contributed by atoms with E-state index in [0.29, 0.717) is 5.69 Å². The average Bonchev–Trinajstić information content (AvgIpc) is 2.40. The summed E-state index contributed by atoms with van der Waals surface area (Å²) in [5, 5.41) is 22.0. The molecule has 0 saturated heterocycles. The lowest BCUT2D eigenvalue weighted by atomic mass is 9.80. The van der Waals surface area contributed by atoms with Gasteiger partial charge in [-0.1, -0.05) is 0 Å². The Morgan fingerprint density at radius 2 is 2.22 bits per heavy atom. The Bertz CT molecular complexity index is 568. The van der Waals surface area contributed by atoms with E-state index in [1.165, 1.54) is 20.0 Å². The van der Waals surface area contributed by atoms with Crippen LogP contribution in [-0.2, 0) is 6.42 Å². The monoisotopic (exact) mass is 325 g/mol. The molecule has 1 aromatic rings. The molecule has 1 aliphatic carbocycles. The van der Waals surface area contributed by atoms with Crippen LogP contribution in [0.3, 0.4) is 0 Å². The first-order chi connectivity index (χ1) is 10.7. The molecule has 6 nitrogen and oxygen atoms in total.